The van der Waals surface area contributed by atoms with Gasteiger partial charge < -0.3 is 13.2 Å². The predicted molar refractivity (Wildman–Crippen MR) is 570 cm³/mol. The van der Waals surface area contributed by atoms with Crippen molar-refractivity contribution in [1.29, 1.82) is 0 Å². The van der Waals surface area contributed by atoms with Crippen LogP contribution in [0, 0.1) is 55.4 Å². The molecule has 25 aromatic rings. The molecule has 14 aromatic heterocycles. The van der Waals surface area contributed by atoms with Crippen LogP contribution in [-0.4, -0.2) is 78.0 Å². The van der Waals surface area contributed by atoms with E-state index in [1.165, 1.54) is 55.4 Å². The standard InChI is InChI=1S/C21H16N2.C19H14N4.C17H14N2.C16H13N.2C14H12N2.C14H11N.C8H8N2/c1-15-12-13-18-19(14-15)23-21(17-10-6-3-7-11-17)20(22-18)16-8-4-2-5-9-16;1-13-8-9-14-17(12-13)23-19(16-7-3-5-11-21-16)18(22-14)15-6-2-4-10-20-15;1-13-11-16(14-7-3-2-4-8-14)19-17(12-13)15-9-5-6-10-18-15;1-12-11-15(13-7-3-2-4-8-13)14-9-5-6-10-16(14)17-12;2*1-11-6-5-9-14-15-13(10-16(11)14)12-7-3-2-4-8-12;1-10-11-6-2-4-8-13(11)15-14-9-5-3-7-12(10)14;1-7-6-10-5-3-2-4-8(10)9-7/h2-14H,1H3;2-12H,1H3;2-12H,1H3;2-11H,1H3;2*2-10H,1H3;2-9H,1H3;2-6H,1H3. The second-order valence-corrected chi connectivity index (χ2v) is 33.6. The van der Waals surface area contributed by atoms with Gasteiger partial charge in [0.15, 0.2) is 0 Å². The van der Waals surface area contributed by atoms with Gasteiger partial charge in [0.1, 0.15) is 28.3 Å². The van der Waals surface area contributed by atoms with Crippen molar-refractivity contribution in [1.82, 2.24) is 78.0 Å². The maximum atomic E-state index is 4.92. The SMILES string of the molecule is Cc1c2ccccc2nc2ccccc12.Cc1cc(-c2ccccc2)c2ccccc2n1.Cc1cc(-c2ccccc2)nc(-c2ccccn2)c1.Cc1ccc2nc(-c3ccccc3)c(-c3ccccc3)nc2c1.Cc1ccc2nc(-c3ccccn3)c(-c3ccccn3)nc2c1.Cc1cccc2nc(-c3ccccc3)cn12.Cc1cccc2nc(-c3ccccc3)cn12.Cc1cn2ccccc2n1. The summed E-state index contributed by atoms with van der Waals surface area (Å²) < 4.78 is 6.24. The van der Waals surface area contributed by atoms with Crippen LogP contribution in [0.15, 0.2) is 462 Å². The summed E-state index contributed by atoms with van der Waals surface area (Å²) in [5.41, 5.74) is 37.1. The van der Waals surface area contributed by atoms with Gasteiger partial charge in [-0.05, 0) is 222 Å². The van der Waals surface area contributed by atoms with E-state index in [-0.39, 0.29) is 0 Å². The zero-order valence-corrected chi connectivity index (χ0v) is 78.5. The molecule has 16 nitrogen and oxygen atoms in total. The summed E-state index contributed by atoms with van der Waals surface area (Å²) in [4.78, 5) is 60.1. The number of hydrogen-bond acceptors (Lipinski definition) is 13. The van der Waals surface area contributed by atoms with Crippen LogP contribution in [0.5, 0.6) is 0 Å². The quantitative estimate of drug-likeness (QED) is 0.125. The van der Waals surface area contributed by atoms with E-state index in [1.54, 1.807) is 18.6 Å². The zero-order valence-electron chi connectivity index (χ0n) is 78.5. The molecule has 672 valence electrons. The molecule has 0 radical (unpaired) electrons. The molecule has 11 aromatic carbocycles. The largest absolute Gasteiger partial charge is 0.307 e. The average Bonchev–Trinajstić information content (AvgIpc) is 1.69. The highest BCUT2D eigenvalue weighted by Crippen LogP contribution is 2.35. The molecular formula is C123H100N16. The lowest BCUT2D eigenvalue weighted by Gasteiger charge is -2.10. The Labute approximate surface area is 808 Å². The van der Waals surface area contributed by atoms with Crippen LogP contribution in [0.25, 0.3) is 173 Å². The van der Waals surface area contributed by atoms with Crippen molar-refractivity contribution in [2.24, 2.45) is 0 Å². The number of rotatable bonds is 9. The number of benzene rings is 11. The third-order valence-corrected chi connectivity index (χ3v) is 23.3. The van der Waals surface area contributed by atoms with Crippen molar-refractivity contribution in [3.8, 4) is 102 Å². The summed E-state index contributed by atoms with van der Waals surface area (Å²) in [5.74, 6) is 0. The van der Waals surface area contributed by atoms with Crippen molar-refractivity contribution >= 4 is 71.7 Å². The topological polar surface area (TPSA) is 181 Å². The van der Waals surface area contributed by atoms with Gasteiger partial charge in [-0.25, -0.2) is 44.9 Å². The first-order valence-corrected chi connectivity index (χ1v) is 46.2. The van der Waals surface area contributed by atoms with E-state index in [0.717, 1.165) is 163 Å². The van der Waals surface area contributed by atoms with E-state index in [0.29, 0.717) is 0 Å². The van der Waals surface area contributed by atoms with Crippen molar-refractivity contribution in [2.75, 3.05) is 0 Å². The Kier molecular flexibility index (Phi) is 28.7. The number of imidazole rings is 3. The summed E-state index contributed by atoms with van der Waals surface area (Å²) >= 11 is 0. The van der Waals surface area contributed by atoms with E-state index in [9.17, 15) is 0 Å². The lowest BCUT2D eigenvalue weighted by molar-refractivity contribution is 1.09. The Morgan fingerprint density at radius 1 is 0.194 bits per heavy atom. The highest BCUT2D eigenvalue weighted by atomic mass is 15.0. The summed E-state index contributed by atoms with van der Waals surface area (Å²) in [6, 6.07) is 141. The molecule has 0 aliphatic carbocycles. The van der Waals surface area contributed by atoms with Crippen molar-refractivity contribution in [2.45, 2.75) is 55.4 Å². The predicted octanol–water partition coefficient (Wildman–Crippen LogP) is 29.6. The molecule has 0 spiro atoms. The molecule has 0 bridgehead atoms. The number of para-hydroxylation sites is 3. The Morgan fingerprint density at radius 3 is 1.04 bits per heavy atom. The smallest absolute Gasteiger partial charge is 0.137 e. The molecule has 14 heterocycles. The zero-order chi connectivity index (χ0) is 95.2. The molecule has 0 saturated carbocycles. The molecule has 0 aliphatic rings. The molecule has 0 fully saturated rings. The summed E-state index contributed by atoms with van der Waals surface area (Å²) in [7, 11) is 0. The van der Waals surface area contributed by atoms with E-state index in [4.69, 9.17) is 24.9 Å². The Morgan fingerprint density at radius 2 is 0.576 bits per heavy atom. The number of pyridine rings is 9. The molecule has 25 rings (SSSR count). The van der Waals surface area contributed by atoms with Gasteiger partial charge in [-0.2, -0.15) is 0 Å². The van der Waals surface area contributed by atoms with Crippen LogP contribution in [0.2, 0.25) is 0 Å². The Bertz CT molecular complexity index is 8020. The van der Waals surface area contributed by atoms with Gasteiger partial charge in [-0.3, -0.25) is 19.9 Å². The first-order chi connectivity index (χ1) is 68.2. The molecule has 0 saturated heterocycles. The Balaban J connectivity index is 0.000000106. The number of fused-ring (bicyclic) bond motifs is 8. The number of aryl methyl sites for hydroxylation is 8. The van der Waals surface area contributed by atoms with E-state index < -0.39 is 0 Å². The number of aromatic nitrogens is 16. The van der Waals surface area contributed by atoms with Crippen molar-refractivity contribution in [3.05, 3.63) is 507 Å². The van der Waals surface area contributed by atoms with E-state index in [1.807, 2.05) is 274 Å². The van der Waals surface area contributed by atoms with Gasteiger partial charge in [0.05, 0.1) is 95.6 Å². The second kappa shape index (κ2) is 43.7. The van der Waals surface area contributed by atoms with Gasteiger partial charge in [-0.15, -0.1) is 0 Å². The molecule has 0 N–H and O–H groups in total. The van der Waals surface area contributed by atoms with Crippen molar-refractivity contribution < 1.29 is 0 Å². The molecule has 0 aliphatic heterocycles. The van der Waals surface area contributed by atoms with Gasteiger partial charge in [0, 0.05) is 104 Å². The van der Waals surface area contributed by atoms with Gasteiger partial charge in [-0.1, -0.05) is 285 Å². The number of nitrogens with zero attached hydrogens (tertiary/aromatic N) is 16. The summed E-state index contributed by atoms with van der Waals surface area (Å²) in [5, 5.41) is 3.71. The third kappa shape index (κ3) is 22.5. The summed E-state index contributed by atoms with van der Waals surface area (Å²) in [6.07, 6.45) is 13.5. The minimum absolute atomic E-state index is 0.751. The lowest BCUT2D eigenvalue weighted by Crippen LogP contribution is -1.98. The molecule has 0 atom stereocenters. The average molecular weight is 1800 g/mol. The van der Waals surface area contributed by atoms with Crippen LogP contribution in [-0.2, 0) is 0 Å². The van der Waals surface area contributed by atoms with Gasteiger partial charge in [0.25, 0.3) is 0 Å². The fourth-order valence-electron chi connectivity index (χ4n) is 16.4. The van der Waals surface area contributed by atoms with Crippen LogP contribution >= 0.6 is 0 Å². The van der Waals surface area contributed by atoms with Crippen LogP contribution in [0.4, 0.5) is 0 Å². The van der Waals surface area contributed by atoms with Crippen LogP contribution in [0.1, 0.15) is 45.0 Å². The van der Waals surface area contributed by atoms with Crippen LogP contribution < -0.4 is 0 Å². The fraction of sp³-hybridized carbons (Fsp3) is 0.0650. The van der Waals surface area contributed by atoms with Crippen LogP contribution in [0.3, 0.4) is 0 Å². The minimum atomic E-state index is 0.751. The number of hydrogen-bond donors (Lipinski definition) is 0. The molecular weight excluding hydrogens is 1700 g/mol. The van der Waals surface area contributed by atoms with Gasteiger partial charge >= 0.3 is 0 Å². The second-order valence-electron chi connectivity index (χ2n) is 33.6. The van der Waals surface area contributed by atoms with Gasteiger partial charge in [0.2, 0.25) is 0 Å². The maximum absolute atomic E-state index is 4.92. The molecule has 16 heteroatoms. The Hall–Kier alpha value is -18.2. The molecule has 139 heavy (non-hydrogen) atoms. The summed E-state index contributed by atoms with van der Waals surface area (Å²) in [6.45, 7) is 16.6. The lowest BCUT2D eigenvalue weighted by atomic mass is 10.0. The fourth-order valence-corrected chi connectivity index (χ4v) is 16.4. The minimum Gasteiger partial charge on any atom is -0.307 e. The first-order valence-electron chi connectivity index (χ1n) is 46.2. The monoisotopic (exact) mass is 1800 g/mol. The molecule has 0 unspecified atom stereocenters. The van der Waals surface area contributed by atoms with Crippen molar-refractivity contribution in [3.63, 3.8) is 0 Å². The normalized spacial score (nSPS) is 10.7. The van der Waals surface area contributed by atoms with E-state index in [2.05, 4.69) is 278 Å². The van der Waals surface area contributed by atoms with E-state index >= 15 is 0 Å². The highest BCUT2D eigenvalue weighted by Gasteiger charge is 2.18. The molecule has 0 amide bonds. The first kappa shape index (κ1) is 91.4. The highest BCUT2D eigenvalue weighted by molar-refractivity contribution is 5.98. The maximum Gasteiger partial charge on any atom is 0.137 e. The third-order valence-electron chi connectivity index (χ3n) is 23.3.